The van der Waals surface area contributed by atoms with Gasteiger partial charge in [0.1, 0.15) is 23.9 Å². The highest BCUT2D eigenvalue weighted by Gasteiger charge is 2.31. The van der Waals surface area contributed by atoms with Gasteiger partial charge < -0.3 is 37.0 Å². The fraction of sp³-hybridized carbons (Fsp3) is 0.565. The van der Waals surface area contributed by atoms with Crippen molar-refractivity contribution >= 4 is 23.7 Å². The van der Waals surface area contributed by atoms with E-state index in [1.165, 1.54) is 12.1 Å². The van der Waals surface area contributed by atoms with E-state index in [0.29, 0.717) is 0 Å². The lowest BCUT2D eigenvalue weighted by Crippen LogP contribution is -2.58. The number of hydrogen-bond acceptors (Lipinski definition) is 7. The fourth-order valence-corrected chi connectivity index (χ4v) is 3.19. The SMILES string of the molecule is CC(C)CC(NC(=O)C(N)Cc1ccc(O)cc1)C(=O)NC(CO)C(=O)NC(C(=O)O)C(C)C. The molecule has 0 radical (unpaired) electrons. The topological polar surface area (TPSA) is 191 Å². The molecule has 4 unspecified atom stereocenters. The number of nitrogens with two attached hydrogens (primary N) is 1. The number of aromatic hydroxyl groups is 1. The Morgan fingerprint density at radius 3 is 1.88 bits per heavy atom. The van der Waals surface area contributed by atoms with Crippen LogP contribution in [-0.4, -0.2) is 69.8 Å². The van der Waals surface area contributed by atoms with Crippen LogP contribution in [0.3, 0.4) is 0 Å². The van der Waals surface area contributed by atoms with Crippen LogP contribution in [0.2, 0.25) is 0 Å². The van der Waals surface area contributed by atoms with E-state index in [1.807, 2.05) is 13.8 Å². The summed E-state index contributed by atoms with van der Waals surface area (Å²) in [5.41, 5.74) is 6.71. The number of phenols is 1. The maximum atomic E-state index is 12.9. The normalized spacial score (nSPS) is 14.7. The number of carbonyl (C=O) groups excluding carboxylic acids is 3. The molecule has 0 spiro atoms. The minimum absolute atomic E-state index is 0.00288. The molecule has 0 aliphatic carbocycles. The third-order valence-corrected chi connectivity index (χ3v) is 5.11. The largest absolute Gasteiger partial charge is 0.508 e. The number of benzene rings is 1. The molecule has 0 aromatic heterocycles. The van der Waals surface area contributed by atoms with Crippen LogP contribution in [0, 0.1) is 11.8 Å². The van der Waals surface area contributed by atoms with Crippen molar-refractivity contribution in [3.8, 4) is 5.75 Å². The van der Waals surface area contributed by atoms with Gasteiger partial charge in [-0.1, -0.05) is 39.8 Å². The molecule has 1 aromatic rings. The molecule has 0 saturated heterocycles. The summed E-state index contributed by atoms with van der Waals surface area (Å²) in [6, 6.07) is 1.63. The molecule has 1 rings (SSSR count). The van der Waals surface area contributed by atoms with E-state index in [4.69, 9.17) is 5.73 Å². The van der Waals surface area contributed by atoms with Crippen molar-refractivity contribution in [1.82, 2.24) is 16.0 Å². The second-order valence-electron chi connectivity index (χ2n) is 8.98. The molecule has 0 aliphatic heterocycles. The van der Waals surface area contributed by atoms with E-state index in [1.54, 1.807) is 26.0 Å². The number of rotatable bonds is 13. The summed E-state index contributed by atoms with van der Waals surface area (Å²) in [7, 11) is 0. The molecule has 0 bridgehead atoms. The Morgan fingerprint density at radius 1 is 0.882 bits per heavy atom. The van der Waals surface area contributed by atoms with Crippen molar-refractivity contribution < 1.29 is 34.5 Å². The molecular formula is C23H36N4O7. The number of nitrogens with one attached hydrogen (secondary N) is 3. The van der Waals surface area contributed by atoms with Crippen molar-refractivity contribution in [3.63, 3.8) is 0 Å². The maximum absolute atomic E-state index is 12.9. The molecule has 8 N–H and O–H groups in total. The van der Waals surface area contributed by atoms with E-state index in [2.05, 4.69) is 16.0 Å². The highest BCUT2D eigenvalue weighted by molar-refractivity contribution is 5.94. The molecule has 11 heteroatoms. The Kier molecular flexibility index (Phi) is 11.5. The second kappa shape index (κ2) is 13.5. The van der Waals surface area contributed by atoms with Crippen molar-refractivity contribution in [2.45, 2.75) is 64.7 Å². The lowest BCUT2D eigenvalue weighted by molar-refractivity contribution is -0.143. The third-order valence-electron chi connectivity index (χ3n) is 5.11. The number of aliphatic hydroxyl groups excluding tert-OH is 1. The van der Waals surface area contributed by atoms with E-state index in [9.17, 15) is 34.5 Å². The van der Waals surface area contributed by atoms with Gasteiger partial charge in [-0.3, -0.25) is 14.4 Å². The average molecular weight is 481 g/mol. The minimum atomic E-state index is -1.40. The van der Waals surface area contributed by atoms with Gasteiger partial charge in [0.2, 0.25) is 17.7 Å². The Labute approximate surface area is 199 Å². The summed E-state index contributed by atoms with van der Waals surface area (Å²) >= 11 is 0. The number of hydrogen-bond donors (Lipinski definition) is 7. The summed E-state index contributed by atoms with van der Waals surface area (Å²) in [4.78, 5) is 49.3. The average Bonchev–Trinajstić information content (AvgIpc) is 2.75. The van der Waals surface area contributed by atoms with Crippen molar-refractivity contribution in [2.24, 2.45) is 17.6 Å². The monoisotopic (exact) mass is 480 g/mol. The number of aliphatic carboxylic acids is 1. The zero-order valence-corrected chi connectivity index (χ0v) is 19.9. The molecule has 3 amide bonds. The first-order chi connectivity index (χ1) is 15.8. The molecule has 0 aliphatic rings. The summed E-state index contributed by atoms with van der Waals surface area (Å²) in [5, 5.41) is 35.5. The quantitative estimate of drug-likeness (QED) is 0.196. The molecule has 0 fully saturated rings. The first kappa shape index (κ1) is 28.9. The highest BCUT2D eigenvalue weighted by atomic mass is 16.4. The zero-order valence-electron chi connectivity index (χ0n) is 19.9. The predicted octanol–water partition coefficient (Wildman–Crippen LogP) is -0.505. The lowest BCUT2D eigenvalue weighted by Gasteiger charge is -2.26. The lowest BCUT2D eigenvalue weighted by atomic mass is 10.0. The van der Waals surface area contributed by atoms with Gasteiger partial charge in [0.15, 0.2) is 0 Å². The van der Waals surface area contributed by atoms with Crippen LogP contribution >= 0.6 is 0 Å². The number of carbonyl (C=O) groups is 4. The summed E-state index contributed by atoms with van der Waals surface area (Å²) in [6.07, 6.45) is 0.419. The number of amides is 3. The highest BCUT2D eigenvalue weighted by Crippen LogP contribution is 2.12. The molecule has 4 atom stereocenters. The zero-order chi connectivity index (χ0) is 26.0. The molecule has 34 heavy (non-hydrogen) atoms. The Morgan fingerprint density at radius 2 is 1.41 bits per heavy atom. The van der Waals surface area contributed by atoms with Gasteiger partial charge in [0, 0.05) is 0 Å². The smallest absolute Gasteiger partial charge is 0.326 e. The predicted molar refractivity (Wildman–Crippen MR) is 125 cm³/mol. The molecule has 1 aromatic carbocycles. The number of carboxylic acid groups (broad SMARTS) is 1. The molecule has 0 saturated carbocycles. The summed E-state index contributed by atoms with van der Waals surface area (Å²) < 4.78 is 0. The van der Waals surface area contributed by atoms with Crippen LogP contribution < -0.4 is 21.7 Å². The van der Waals surface area contributed by atoms with Crippen molar-refractivity contribution in [2.75, 3.05) is 6.61 Å². The number of aliphatic hydroxyl groups is 1. The van der Waals surface area contributed by atoms with Crippen molar-refractivity contribution in [1.29, 1.82) is 0 Å². The molecule has 0 heterocycles. The summed E-state index contributed by atoms with van der Waals surface area (Å²) in [6.45, 7) is 6.16. The molecular weight excluding hydrogens is 444 g/mol. The van der Waals surface area contributed by atoms with E-state index >= 15 is 0 Å². The van der Waals surface area contributed by atoms with Gasteiger partial charge in [-0.05, 0) is 42.4 Å². The van der Waals surface area contributed by atoms with E-state index < -0.39 is 60.4 Å². The van der Waals surface area contributed by atoms with E-state index in [-0.39, 0.29) is 24.5 Å². The van der Waals surface area contributed by atoms with Crippen LogP contribution in [0.25, 0.3) is 0 Å². The summed E-state index contributed by atoms with van der Waals surface area (Å²) in [5.74, 6) is -3.70. The van der Waals surface area contributed by atoms with Gasteiger partial charge >= 0.3 is 5.97 Å². The molecule has 190 valence electrons. The third kappa shape index (κ3) is 9.36. The van der Waals surface area contributed by atoms with Crippen LogP contribution in [-0.2, 0) is 25.6 Å². The van der Waals surface area contributed by atoms with Crippen LogP contribution in [0.5, 0.6) is 5.75 Å². The van der Waals surface area contributed by atoms with Gasteiger partial charge in [-0.15, -0.1) is 0 Å². The van der Waals surface area contributed by atoms with Gasteiger partial charge in [0.25, 0.3) is 0 Å². The van der Waals surface area contributed by atoms with Crippen LogP contribution in [0.15, 0.2) is 24.3 Å². The second-order valence-corrected chi connectivity index (χ2v) is 8.98. The Balaban J connectivity index is 2.85. The fourth-order valence-electron chi connectivity index (χ4n) is 3.19. The first-order valence-electron chi connectivity index (χ1n) is 11.1. The Hall–Kier alpha value is -3.18. The van der Waals surface area contributed by atoms with Crippen molar-refractivity contribution in [3.05, 3.63) is 29.8 Å². The minimum Gasteiger partial charge on any atom is -0.508 e. The van der Waals surface area contributed by atoms with E-state index in [0.717, 1.165) is 5.56 Å². The van der Waals surface area contributed by atoms with Crippen LogP contribution in [0.1, 0.15) is 39.7 Å². The standard InChI is InChI=1S/C23H36N4O7/c1-12(2)9-17(25-20(30)16(24)10-14-5-7-15(29)8-6-14)21(31)26-18(11-28)22(32)27-19(13(3)4)23(33)34/h5-8,12-13,16-19,28-29H,9-11,24H2,1-4H3,(H,25,30)(H,26,31)(H,27,32)(H,33,34). The number of carboxylic acids is 1. The first-order valence-corrected chi connectivity index (χ1v) is 11.1. The van der Waals surface area contributed by atoms with Gasteiger partial charge in [-0.25, -0.2) is 4.79 Å². The van der Waals surface area contributed by atoms with Gasteiger partial charge in [-0.2, -0.15) is 0 Å². The number of phenolic OH excluding ortho intramolecular Hbond substituents is 1. The maximum Gasteiger partial charge on any atom is 0.326 e. The molecule has 11 nitrogen and oxygen atoms in total. The van der Waals surface area contributed by atoms with Gasteiger partial charge in [0.05, 0.1) is 12.6 Å². The van der Waals surface area contributed by atoms with Crippen LogP contribution in [0.4, 0.5) is 0 Å². The Bertz CT molecular complexity index is 842.